The largest absolute Gasteiger partial charge is 0.509 e. The van der Waals surface area contributed by atoms with Crippen LogP contribution in [0.3, 0.4) is 0 Å². The van der Waals surface area contributed by atoms with E-state index in [4.69, 9.17) is 4.74 Å². The Kier molecular flexibility index (Phi) is 7.04. The molecule has 0 fully saturated rings. The highest BCUT2D eigenvalue weighted by atomic mass is 32.2. The monoisotopic (exact) mass is 342 g/mol. The molecule has 0 heterocycles. The van der Waals surface area contributed by atoms with Crippen LogP contribution in [0.4, 0.5) is 5.69 Å². The van der Waals surface area contributed by atoms with Crippen molar-refractivity contribution in [3.8, 4) is 0 Å². The number of hydrogen-bond donors (Lipinski definition) is 1. The third-order valence-corrected chi connectivity index (χ3v) is 3.91. The van der Waals surface area contributed by atoms with Crippen LogP contribution in [0.5, 0.6) is 0 Å². The van der Waals surface area contributed by atoms with Crippen molar-refractivity contribution in [3.63, 3.8) is 0 Å². The first-order chi connectivity index (χ1) is 11.7. The van der Waals surface area contributed by atoms with E-state index in [9.17, 15) is 9.90 Å². The van der Waals surface area contributed by atoms with Gasteiger partial charge in [-0.1, -0.05) is 36.4 Å². The summed E-state index contributed by atoms with van der Waals surface area (Å²) in [4.78, 5) is 13.0. The van der Waals surface area contributed by atoms with Gasteiger partial charge in [-0.05, 0) is 31.2 Å². The van der Waals surface area contributed by atoms with Gasteiger partial charge in [0.25, 0.3) is 0 Å². The summed E-state index contributed by atoms with van der Waals surface area (Å²) in [6, 6.07) is 18.6. The fourth-order valence-corrected chi connectivity index (χ4v) is 2.54. The summed E-state index contributed by atoms with van der Waals surface area (Å²) in [5.74, 6) is -0.656. The number of aliphatic hydroxyl groups excluding tert-OH is 1. The second-order valence-corrected chi connectivity index (χ2v) is 5.70. The average molecular weight is 342 g/mol. The number of nitrogens with zero attached hydrogens (tertiary/aromatic N) is 2. The topological polar surface area (TPSA) is 71.2 Å². The number of thioether (sulfide) groups is 1. The van der Waals surface area contributed by atoms with E-state index >= 15 is 0 Å². The van der Waals surface area contributed by atoms with E-state index in [2.05, 4.69) is 10.2 Å². The maximum atomic E-state index is 12.0. The summed E-state index contributed by atoms with van der Waals surface area (Å²) >= 11 is 1.40. The fraction of sp³-hybridized carbons (Fsp3) is 0.167. The molecule has 0 aliphatic heterocycles. The van der Waals surface area contributed by atoms with Gasteiger partial charge in [-0.2, -0.15) is 5.11 Å². The number of esters is 1. The molecule has 0 radical (unpaired) electrons. The maximum absolute atomic E-state index is 12.0. The maximum Gasteiger partial charge on any atom is 0.362 e. The smallest absolute Gasteiger partial charge is 0.362 e. The predicted octanol–water partition coefficient (Wildman–Crippen LogP) is 4.90. The number of hydrogen-bond acceptors (Lipinski definition) is 6. The number of benzene rings is 2. The summed E-state index contributed by atoms with van der Waals surface area (Å²) in [6.07, 6.45) is 0. The normalized spacial score (nSPS) is 12.0. The summed E-state index contributed by atoms with van der Waals surface area (Å²) in [6.45, 7) is 1.89. The van der Waals surface area contributed by atoms with Crippen molar-refractivity contribution in [1.29, 1.82) is 0 Å². The standard InChI is InChI=1S/C18H18N2O3S/c1-2-23-18(22)17(20-19-14-9-5-3-6-10-14)16(21)13-24-15-11-7-4-8-12-15/h3-12,21H,2,13H2,1H3. The number of azo groups is 1. The Morgan fingerprint density at radius 3 is 2.33 bits per heavy atom. The number of aliphatic hydroxyl groups is 1. The first-order valence-corrected chi connectivity index (χ1v) is 8.43. The molecule has 0 aromatic heterocycles. The quantitative estimate of drug-likeness (QED) is 0.255. The molecule has 0 bridgehead atoms. The minimum Gasteiger partial charge on any atom is -0.509 e. The van der Waals surface area contributed by atoms with Crippen LogP contribution in [0.1, 0.15) is 6.92 Å². The third-order valence-electron chi connectivity index (χ3n) is 2.88. The Bertz CT molecular complexity index is 716. The third kappa shape index (κ3) is 5.55. The van der Waals surface area contributed by atoms with Gasteiger partial charge in [0.1, 0.15) is 5.76 Å². The van der Waals surface area contributed by atoms with Crippen molar-refractivity contribution in [1.82, 2.24) is 0 Å². The molecule has 0 atom stereocenters. The van der Waals surface area contributed by atoms with Gasteiger partial charge in [-0.25, -0.2) is 4.79 Å². The highest BCUT2D eigenvalue weighted by molar-refractivity contribution is 7.99. The number of ether oxygens (including phenoxy) is 1. The molecule has 124 valence electrons. The van der Waals surface area contributed by atoms with Crippen LogP contribution < -0.4 is 0 Å². The van der Waals surface area contributed by atoms with Crippen molar-refractivity contribution in [3.05, 3.63) is 72.1 Å². The molecule has 1 N–H and O–H groups in total. The lowest BCUT2D eigenvalue weighted by Gasteiger charge is -2.06. The van der Waals surface area contributed by atoms with Gasteiger partial charge < -0.3 is 9.84 Å². The van der Waals surface area contributed by atoms with Crippen molar-refractivity contribution < 1.29 is 14.6 Å². The number of rotatable bonds is 7. The summed E-state index contributed by atoms with van der Waals surface area (Å²) in [5, 5.41) is 18.1. The molecule has 0 saturated carbocycles. The molecule has 6 heteroatoms. The van der Waals surface area contributed by atoms with E-state index in [1.54, 1.807) is 19.1 Å². The highest BCUT2D eigenvalue weighted by Crippen LogP contribution is 2.22. The zero-order chi connectivity index (χ0) is 17.2. The van der Waals surface area contributed by atoms with Crippen LogP contribution in [0.25, 0.3) is 0 Å². The van der Waals surface area contributed by atoms with Gasteiger partial charge in [0.15, 0.2) is 0 Å². The Morgan fingerprint density at radius 2 is 1.71 bits per heavy atom. The molecule has 0 amide bonds. The van der Waals surface area contributed by atoms with Crippen LogP contribution in [0.15, 0.2) is 87.2 Å². The van der Waals surface area contributed by atoms with E-state index in [1.165, 1.54) is 11.8 Å². The van der Waals surface area contributed by atoms with Crippen molar-refractivity contribution in [2.75, 3.05) is 12.4 Å². The van der Waals surface area contributed by atoms with Gasteiger partial charge >= 0.3 is 5.97 Å². The molecule has 2 aromatic carbocycles. The van der Waals surface area contributed by atoms with Gasteiger partial charge in [-0.15, -0.1) is 16.9 Å². The second-order valence-electron chi connectivity index (χ2n) is 4.65. The molecule has 0 saturated heterocycles. The molecule has 0 spiro atoms. The van der Waals surface area contributed by atoms with Crippen LogP contribution in [-0.4, -0.2) is 23.4 Å². The van der Waals surface area contributed by atoms with Crippen LogP contribution >= 0.6 is 11.8 Å². The highest BCUT2D eigenvalue weighted by Gasteiger charge is 2.17. The first-order valence-electron chi connectivity index (χ1n) is 7.44. The van der Waals surface area contributed by atoms with E-state index in [0.717, 1.165) is 4.90 Å². The van der Waals surface area contributed by atoms with Gasteiger partial charge in [0, 0.05) is 4.90 Å². The van der Waals surface area contributed by atoms with Gasteiger partial charge in [-0.3, -0.25) is 0 Å². The average Bonchev–Trinajstić information content (AvgIpc) is 2.62. The molecular weight excluding hydrogens is 324 g/mol. The molecule has 5 nitrogen and oxygen atoms in total. The molecule has 0 unspecified atom stereocenters. The van der Waals surface area contributed by atoms with Crippen molar-refractivity contribution >= 4 is 23.4 Å². The Labute approximate surface area is 145 Å². The first kappa shape index (κ1) is 17.7. The van der Waals surface area contributed by atoms with Gasteiger partial charge in [0.2, 0.25) is 5.70 Å². The van der Waals surface area contributed by atoms with E-state index < -0.39 is 5.97 Å². The van der Waals surface area contributed by atoms with Crippen LogP contribution in [-0.2, 0) is 9.53 Å². The Morgan fingerprint density at radius 1 is 1.08 bits per heavy atom. The van der Waals surface area contributed by atoms with E-state index in [0.29, 0.717) is 5.69 Å². The second kappa shape index (κ2) is 9.52. The molecule has 2 rings (SSSR count). The Hall–Kier alpha value is -2.60. The fourth-order valence-electron chi connectivity index (χ4n) is 1.75. The predicted molar refractivity (Wildman–Crippen MR) is 94.4 cm³/mol. The molecule has 0 aliphatic carbocycles. The number of carbonyl (C=O) groups is 1. The SMILES string of the molecule is CCOC(=O)C(N=Nc1ccccc1)=C(O)CSc1ccccc1. The number of carbonyl (C=O) groups excluding carboxylic acids is 1. The van der Waals surface area contributed by atoms with Crippen LogP contribution in [0, 0.1) is 0 Å². The lowest BCUT2D eigenvalue weighted by atomic mass is 10.3. The van der Waals surface area contributed by atoms with E-state index in [-0.39, 0.29) is 23.8 Å². The molecule has 2 aromatic rings. The molecule has 24 heavy (non-hydrogen) atoms. The van der Waals surface area contributed by atoms with Gasteiger partial charge in [0.05, 0.1) is 18.0 Å². The van der Waals surface area contributed by atoms with E-state index in [1.807, 2.05) is 48.5 Å². The summed E-state index contributed by atoms with van der Waals surface area (Å²) in [7, 11) is 0. The lowest BCUT2D eigenvalue weighted by molar-refractivity contribution is -0.138. The zero-order valence-electron chi connectivity index (χ0n) is 13.3. The summed E-state index contributed by atoms with van der Waals surface area (Å²) in [5.41, 5.74) is 0.409. The molecular formula is C18H18N2O3S. The minimum atomic E-state index is -0.691. The van der Waals surface area contributed by atoms with Crippen molar-refractivity contribution in [2.24, 2.45) is 10.2 Å². The molecule has 0 aliphatic rings. The lowest BCUT2D eigenvalue weighted by Crippen LogP contribution is -2.09. The van der Waals surface area contributed by atoms with Crippen molar-refractivity contribution in [2.45, 2.75) is 11.8 Å². The summed E-state index contributed by atoms with van der Waals surface area (Å²) < 4.78 is 4.95. The Balaban J connectivity index is 2.17. The minimum absolute atomic E-state index is 0.165. The zero-order valence-corrected chi connectivity index (χ0v) is 14.1. The van der Waals surface area contributed by atoms with Crippen LogP contribution in [0.2, 0.25) is 0 Å².